The van der Waals surface area contributed by atoms with Crippen LogP contribution in [0.5, 0.6) is 0 Å². The molecule has 1 aromatic heterocycles. The topological polar surface area (TPSA) is 3.24 Å². The molecule has 0 aliphatic heterocycles. The van der Waals surface area contributed by atoms with Gasteiger partial charge in [0.05, 0.1) is 0 Å². The number of hydrogen-bond acceptors (Lipinski definition) is 2. The normalized spacial score (nSPS) is 12.7. The molecule has 0 unspecified atom stereocenters. The summed E-state index contributed by atoms with van der Waals surface area (Å²) < 4.78 is 2.73. The standard InChI is InChI=1S/C57H41NS/c1-57(2)52-19-10-9-16-51(52)54-53(57)37-36-50-49-18-11-17-48(55(49)59-56(50)54)44-28-34-47(35-29-44)58(45-30-24-42(25-31-45)39-14-7-4-8-15-39)46-32-26-43(27-33-46)41-22-20-40(21-23-41)38-12-5-3-6-13-38/h3-37H,1-2H3. The second-order valence-corrected chi connectivity index (χ2v) is 17.1. The van der Waals surface area contributed by atoms with Crippen LogP contribution >= 0.6 is 11.3 Å². The molecule has 0 spiro atoms. The Bertz CT molecular complexity index is 3120. The second kappa shape index (κ2) is 14.1. The molecule has 0 saturated heterocycles. The van der Waals surface area contributed by atoms with E-state index in [4.69, 9.17) is 0 Å². The minimum Gasteiger partial charge on any atom is -0.311 e. The Morgan fingerprint density at radius 1 is 0.322 bits per heavy atom. The molecule has 280 valence electrons. The summed E-state index contributed by atoms with van der Waals surface area (Å²) in [5, 5.41) is 2.67. The Balaban J connectivity index is 0.968. The molecule has 2 heteroatoms. The van der Waals surface area contributed by atoms with Gasteiger partial charge in [-0.25, -0.2) is 0 Å². The van der Waals surface area contributed by atoms with Crippen LogP contribution in [0.4, 0.5) is 17.1 Å². The second-order valence-electron chi connectivity index (χ2n) is 16.1. The van der Waals surface area contributed by atoms with Gasteiger partial charge >= 0.3 is 0 Å². The Kier molecular flexibility index (Phi) is 8.43. The molecular weight excluding hydrogens is 731 g/mol. The Morgan fingerprint density at radius 2 is 0.746 bits per heavy atom. The van der Waals surface area contributed by atoms with Gasteiger partial charge in [0, 0.05) is 48.2 Å². The van der Waals surface area contributed by atoms with Gasteiger partial charge < -0.3 is 4.90 Å². The molecule has 0 radical (unpaired) electrons. The SMILES string of the molecule is CC1(C)c2ccccc2-c2c1ccc1c2sc2c(-c3ccc(N(c4ccc(-c5ccccc5)cc4)c4ccc(-c5ccc(-c6ccccc6)cc5)cc4)cc3)cccc21. The van der Waals surface area contributed by atoms with Gasteiger partial charge in [-0.3, -0.25) is 0 Å². The van der Waals surface area contributed by atoms with Crippen molar-refractivity contribution in [2.45, 2.75) is 19.3 Å². The van der Waals surface area contributed by atoms with Crippen molar-refractivity contribution < 1.29 is 0 Å². The third-order valence-electron chi connectivity index (χ3n) is 12.3. The molecule has 59 heavy (non-hydrogen) atoms. The number of thiophene rings is 1. The maximum atomic E-state index is 2.38. The van der Waals surface area contributed by atoms with E-state index in [1.807, 2.05) is 11.3 Å². The predicted octanol–water partition coefficient (Wildman–Crippen LogP) is 16.5. The predicted molar refractivity (Wildman–Crippen MR) is 253 cm³/mol. The minimum atomic E-state index is -0.0167. The van der Waals surface area contributed by atoms with Crippen molar-refractivity contribution in [3.8, 4) is 55.6 Å². The first kappa shape index (κ1) is 35.2. The van der Waals surface area contributed by atoms with Gasteiger partial charge in [-0.1, -0.05) is 190 Å². The Labute approximate surface area is 350 Å². The van der Waals surface area contributed by atoms with E-state index in [0.29, 0.717) is 0 Å². The fraction of sp³-hybridized carbons (Fsp3) is 0.0526. The summed E-state index contributed by atoms with van der Waals surface area (Å²) in [6, 6.07) is 77.6. The summed E-state index contributed by atoms with van der Waals surface area (Å²) in [7, 11) is 0. The zero-order valence-corrected chi connectivity index (χ0v) is 33.9. The van der Waals surface area contributed by atoms with E-state index in [1.165, 1.54) is 86.9 Å². The van der Waals surface area contributed by atoms with Crippen molar-refractivity contribution >= 4 is 48.6 Å². The molecule has 1 aliphatic rings. The third kappa shape index (κ3) is 5.99. The summed E-state index contributed by atoms with van der Waals surface area (Å²) >= 11 is 1.95. The van der Waals surface area contributed by atoms with Gasteiger partial charge in [0.1, 0.15) is 0 Å². The van der Waals surface area contributed by atoms with Gasteiger partial charge in [-0.05, 0) is 97.6 Å². The monoisotopic (exact) mass is 771 g/mol. The van der Waals surface area contributed by atoms with E-state index < -0.39 is 0 Å². The largest absolute Gasteiger partial charge is 0.311 e. The van der Waals surface area contributed by atoms with E-state index in [0.717, 1.165) is 17.1 Å². The molecule has 0 fully saturated rings. The maximum absolute atomic E-state index is 2.38. The average Bonchev–Trinajstić information content (AvgIpc) is 3.80. The molecular formula is C57H41NS. The van der Waals surface area contributed by atoms with Crippen molar-refractivity contribution in [2.24, 2.45) is 0 Å². The van der Waals surface area contributed by atoms with Crippen LogP contribution in [0, 0.1) is 0 Å². The van der Waals surface area contributed by atoms with Gasteiger partial charge in [0.2, 0.25) is 0 Å². The van der Waals surface area contributed by atoms with Crippen LogP contribution in [-0.2, 0) is 5.41 Å². The fourth-order valence-corrected chi connectivity index (χ4v) is 10.6. The molecule has 11 rings (SSSR count). The molecule has 0 bridgehead atoms. The number of hydrogen-bond donors (Lipinski definition) is 0. The summed E-state index contributed by atoms with van der Waals surface area (Å²) in [4.78, 5) is 2.36. The zero-order valence-electron chi connectivity index (χ0n) is 33.1. The van der Waals surface area contributed by atoms with Crippen molar-refractivity contribution in [1.82, 2.24) is 0 Å². The van der Waals surface area contributed by atoms with Crippen LogP contribution in [0.2, 0.25) is 0 Å². The van der Waals surface area contributed by atoms with Gasteiger partial charge in [-0.15, -0.1) is 11.3 Å². The lowest BCUT2D eigenvalue weighted by atomic mass is 9.82. The summed E-state index contributed by atoms with van der Waals surface area (Å²) in [6.07, 6.45) is 0. The summed E-state index contributed by atoms with van der Waals surface area (Å²) in [6.45, 7) is 4.73. The lowest BCUT2D eigenvalue weighted by Crippen LogP contribution is -2.14. The number of nitrogens with zero attached hydrogens (tertiary/aromatic N) is 1. The number of rotatable bonds is 7. The first-order valence-corrected chi connectivity index (χ1v) is 21.2. The van der Waals surface area contributed by atoms with E-state index >= 15 is 0 Å². The van der Waals surface area contributed by atoms with Gasteiger partial charge in [0.25, 0.3) is 0 Å². The number of fused-ring (bicyclic) bond motifs is 7. The zero-order chi connectivity index (χ0) is 39.5. The van der Waals surface area contributed by atoms with Crippen LogP contribution in [0.3, 0.4) is 0 Å². The highest BCUT2D eigenvalue weighted by atomic mass is 32.1. The molecule has 9 aromatic carbocycles. The van der Waals surface area contributed by atoms with Crippen LogP contribution in [0.15, 0.2) is 212 Å². The molecule has 0 amide bonds. The molecule has 1 nitrogen and oxygen atoms in total. The van der Waals surface area contributed by atoms with Crippen molar-refractivity contribution in [1.29, 1.82) is 0 Å². The highest BCUT2D eigenvalue weighted by Crippen LogP contribution is 2.54. The molecule has 0 saturated carbocycles. The molecule has 0 N–H and O–H groups in total. The average molecular weight is 772 g/mol. The van der Waals surface area contributed by atoms with Crippen molar-refractivity contribution in [3.63, 3.8) is 0 Å². The third-order valence-corrected chi connectivity index (χ3v) is 13.6. The Morgan fingerprint density at radius 3 is 1.29 bits per heavy atom. The highest BCUT2D eigenvalue weighted by Gasteiger charge is 2.36. The van der Waals surface area contributed by atoms with E-state index in [9.17, 15) is 0 Å². The van der Waals surface area contributed by atoms with E-state index in [1.54, 1.807) is 0 Å². The van der Waals surface area contributed by atoms with Crippen LogP contribution in [-0.4, -0.2) is 0 Å². The highest BCUT2D eigenvalue weighted by molar-refractivity contribution is 7.27. The first-order valence-electron chi connectivity index (χ1n) is 20.4. The molecule has 10 aromatic rings. The molecule has 1 heterocycles. The number of benzene rings is 9. The maximum Gasteiger partial charge on any atom is 0.0462 e. The van der Waals surface area contributed by atoms with E-state index in [-0.39, 0.29) is 5.41 Å². The first-order chi connectivity index (χ1) is 29.0. The van der Waals surface area contributed by atoms with Crippen LogP contribution < -0.4 is 4.90 Å². The van der Waals surface area contributed by atoms with Crippen molar-refractivity contribution in [3.05, 3.63) is 223 Å². The van der Waals surface area contributed by atoms with Gasteiger partial charge in [0.15, 0.2) is 0 Å². The summed E-state index contributed by atoms with van der Waals surface area (Å²) in [5.74, 6) is 0. The lowest BCUT2D eigenvalue weighted by molar-refractivity contribution is 0.661. The Hall–Kier alpha value is -7.00. The summed E-state index contributed by atoms with van der Waals surface area (Å²) in [5.41, 5.74) is 18.7. The van der Waals surface area contributed by atoms with Gasteiger partial charge in [-0.2, -0.15) is 0 Å². The van der Waals surface area contributed by atoms with Crippen LogP contribution in [0.1, 0.15) is 25.0 Å². The quantitative estimate of drug-likeness (QED) is 0.156. The smallest absolute Gasteiger partial charge is 0.0462 e. The fourth-order valence-electron chi connectivity index (χ4n) is 9.23. The lowest BCUT2D eigenvalue weighted by Gasteiger charge is -2.26. The van der Waals surface area contributed by atoms with E-state index in [2.05, 4.69) is 231 Å². The van der Waals surface area contributed by atoms with Crippen LogP contribution in [0.25, 0.3) is 75.8 Å². The molecule has 0 atom stereocenters. The minimum absolute atomic E-state index is 0.0167. The van der Waals surface area contributed by atoms with Crippen molar-refractivity contribution in [2.75, 3.05) is 4.90 Å². The number of anilines is 3. The molecule has 1 aliphatic carbocycles.